The van der Waals surface area contributed by atoms with E-state index in [4.69, 9.17) is 19.9 Å². The number of anilines is 1. The first-order chi connectivity index (χ1) is 20.4. The van der Waals surface area contributed by atoms with Crippen LogP contribution in [0.25, 0.3) is 11.2 Å². The molecule has 5 atom stereocenters. The SMILES string of the molecule is CC.Nc1nc(CCCC2CCN(C(=O)OC3CCOC3)CC2)nc2c1ncn2[C@@H]1O[C@H](C(=O)NC2CC2)C(O)[C@@H]1O. The van der Waals surface area contributed by atoms with Gasteiger partial charge >= 0.3 is 6.09 Å². The molecule has 3 aliphatic heterocycles. The van der Waals surface area contributed by atoms with Crippen molar-refractivity contribution in [1.82, 2.24) is 29.7 Å². The Bertz CT molecular complexity index is 1220. The summed E-state index contributed by atoms with van der Waals surface area (Å²) in [7, 11) is 0. The van der Waals surface area contributed by atoms with Gasteiger partial charge in [0.15, 0.2) is 23.8 Å². The summed E-state index contributed by atoms with van der Waals surface area (Å²) in [5.41, 5.74) is 6.92. The summed E-state index contributed by atoms with van der Waals surface area (Å²) in [5.74, 6) is 0.812. The molecule has 0 aromatic carbocycles. The van der Waals surface area contributed by atoms with Crippen molar-refractivity contribution in [3.05, 3.63) is 12.2 Å². The number of nitrogens with zero attached hydrogens (tertiary/aromatic N) is 5. The Hall–Kier alpha value is -3.07. The number of nitrogen functional groups attached to an aromatic ring is 1. The first kappa shape index (κ1) is 30.4. The summed E-state index contributed by atoms with van der Waals surface area (Å²) in [5, 5.41) is 24.0. The summed E-state index contributed by atoms with van der Waals surface area (Å²) in [4.78, 5) is 40.0. The zero-order chi connectivity index (χ0) is 29.8. The van der Waals surface area contributed by atoms with Gasteiger partial charge < -0.3 is 40.4 Å². The van der Waals surface area contributed by atoms with Crippen LogP contribution < -0.4 is 11.1 Å². The number of fused-ring (bicyclic) bond motifs is 1. The lowest BCUT2D eigenvalue weighted by Crippen LogP contribution is -2.43. The molecule has 1 aliphatic carbocycles. The number of carbonyl (C=O) groups excluding carboxylic acids is 2. The molecule has 0 radical (unpaired) electrons. The third-order valence-electron chi connectivity index (χ3n) is 8.23. The molecule has 42 heavy (non-hydrogen) atoms. The quantitative estimate of drug-likeness (QED) is 0.347. The van der Waals surface area contributed by atoms with E-state index < -0.39 is 30.4 Å². The van der Waals surface area contributed by atoms with E-state index in [9.17, 15) is 19.8 Å². The van der Waals surface area contributed by atoms with Gasteiger partial charge in [-0.2, -0.15) is 0 Å². The number of aliphatic hydroxyl groups excluding tert-OH is 2. The van der Waals surface area contributed by atoms with Gasteiger partial charge in [0.25, 0.3) is 5.91 Å². The van der Waals surface area contributed by atoms with E-state index in [0.717, 1.165) is 44.9 Å². The Kier molecular flexibility index (Phi) is 9.76. The fourth-order valence-corrected chi connectivity index (χ4v) is 5.68. The minimum atomic E-state index is -1.38. The Morgan fingerprint density at radius 3 is 2.57 bits per heavy atom. The van der Waals surface area contributed by atoms with Crippen LogP contribution in [-0.2, 0) is 25.4 Å². The van der Waals surface area contributed by atoms with Gasteiger partial charge in [-0.15, -0.1) is 0 Å². The number of likely N-dealkylation sites (tertiary alicyclic amines) is 1. The fourth-order valence-electron chi connectivity index (χ4n) is 5.68. The van der Waals surface area contributed by atoms with Crippen LogP contribution in [0.2, 0.25) is 0 Å². The van der Waals surface area contributed by atoms with Crippen LogP contribution in [0, 0.1) is 5.92 Å². The van der Waals surface area contributed by atoms with Crippen molar-refractivity contribution in [3.63, 3.8) is 0 Å². The van der Waals surface area contributed by atoms with Crippen LogP contribution in [0.3, 0.4) is 0 Å². The Balaban J connectivity index is 0.00000173. The molecule has 4 aliphatic rings. The number of ether oxygens (including phenoxy) is 3. The Morgan fingerprint density at radius 2 is 1.88 bits per heavy atom. The van der Waals surface area contributed by atoms with E-state index in [2.05, 4.69) is 20.3 Å². The van der Waals surface area contributed by atoms with E-state index in [-0.39, 0.29) is 24.1 Å². The minimum Gasteiger partial charge on any atom is -0.444 e. The maximum Gasteiger partial charge on any atom is 0.410 e. The lowest BCUT2D eigenvalue weighted by Gasteiger charge is -2.32. The number of hydrogen-bond donors (Lipinski definition) is 4. The second-order valence-corrected chi connectivity index (χ2v) is 11.3. The molecule has 1 saturated carbocycles. The molecule has 2 aromatic heterocycles. The smallest absolute Gasteiger partial charge is 0.410 e. The monoisotopic (exact) mass is 589 g/mol. The molecule has 2 unspecified atom stereocenters. The number of aromatic nitrogens is 4. The highest BCUT2D eigenvalue weighted by Gasteiger charge is 2.48. The van der Waals surface area contributed by atoms with Gasteiger partial charge in [0.2, 0.25) is 0 Å². The molecule has 3 saturated heterocycles. The van der Waals surface area contributed by atoms with Gasteiger partial charge in [-0.3, -0.25) is 9.36 Å². The summed E-state index contributed by atoms with van der Waals surface area (Å²) >= 11 is 0. The van der Waals surface area contributed by atoms with Crippen molar-refractivity contribution < 1.29 is 34.0 Å². The summed E-state index contributed by atoms with van der Waals surface area (Å²) in [6.07, 6.45) is 2.88. The van der Waals surface area contributed by atoms with E-state index in [1.807, 2.05) is 13.8 Å². The van der Waals surface area contributed by atoms with Crippen LogP contribution >= 0.6 is 0 Å². The number of rotatable bonds is 8. The van der Waals surface area contributed by atoms with Crippen molar-refractivity contribution in [2.24, 2.45) is 5.92 Å². The van der Waals surface area contributed by atoms with E-state index >= 15 is 0 Å². The van der Waals surface area contributed by atoms with Crippen LogP contribution in [0.4, 0.5) is 10.6 Å². The molecule has 232 valence electrons. The fraction of sp³-hybridized carbons (Fsp3) is 0.750. The van der Waals surface area contributed by atoms with Gasteiger partial charge in [-0.25, -0.2) is 19.7 Å². The predicted molar refractivity (Wildman–Crippen MR) is 151 cm³/mol. The van der Waals surface area contributed by atoms with Gasteiger partial charge in [-0.05, 0) is 44.4 Å². The molecule has 2 aromatic rings. The highest BCUT2D eigenvalue weighted by Crippen LogP contribution is 2.33. The third-order valence-corrected chi connectivity index (χ3v) is 8.23. The average Bonchev–Trinajstić information content (AvgIpc) is 3.34. The van der Waals surface area contributed by atoms with Crippen LogP contribution in [0.1, 0.15) is 70.8 Å². The van der Waals surface area contributed by atoms with Crippen LogP contribution in [0.5, 0.6) is 0 Å². The second-order valence-electron chi connectivity index (χ2n) is 11.3. The topological polar surface area (TPSA) is 187 Å². The first-order valence-electron chi connectivity index (χ1n) is 15.2. The summed E-state index contributed by atoms with van der Waals surface area (Å²) in [6.45, 7) is 6.49. The number of carbonyl (C=O) groups is 2. The van der Waals surface area contributed by atoms with Crippen molar-refractivity contribution >= 4 is 29.0 Å². The molecule has 5 heterocycles. The summed E-state index contributed by atoms with van der Waals surface area (Å²) < 4.78 is 18.1. The molecule has 0 spiro atoms. The number of aryl methyl sites for hydroxylation is 1. The van der Waals surface area contributed by atoms with Crippen molar-refractivity contribution in [1.29, 1.82) is 0 Å². The highest BCUT2D eigenvalue weighted by atomic mass is 16.6. The number of nitrogens with one attached hydrogen (secondary N) is 1. The Labute approximate surface area is 244 Å². The highest BCUT2D eigenvalue weighted by molar-refractivity contribution is 5.83. The van der Waals surface area contributed by atoms with Crippen LogP contribution in [0.15, 0.2) is 6.33 Å². The Morgan fingerprint density at radius 1 is 1.12 bits per heavy atom. The van der Waals surface area contributed by atoms with Gasteiger partial charge in [-0.1, -0.05) is 13.8 Å². The second kappa shape index (κ2) is 13.5. The number of amides is 2. The number of aliphatic hydroxyl groups is 2. The number of piperidine rings is 1. The zero-order valence-electron chi connectivity index (χ0n) is 24.4. The van der Waals surface area contributed by atoms with Gasteiger partial charge in [0.05, 0.1) is 19.5 Å². The summed E-state index contributed by atoms with van der Waals surface area (Å²) in [6, 6.07) is 0.102. The minimum absolute atomic E-state index is 0.102. The molecule has 14 heteroatoms. The zero-order valence-corrected chi connectivity index (χ0v) is 24.4. The maximum atomic E-state index is 12.5. The van der Waals surface area contributed by atoms with Gasteiger partial charge in [0, 0.05) is 32.0 Å². The standard InChI is InChI=1S/C26H37N7O7.C2H6/c27-22-18-23(33(13-28-18)25-20(35)19(34)21(40-25)24(36)29-15-4-5-15)31-17(30-22)3-1-2-14-6-9-32(10-7-14)26(37)39-16-8-11-38-12-16;1-2/h13-16,19-21,25,34-35H,1-12H2,(H,29,36)(H2,27,30,31);1-2H3/t16?,19?,20-,21-,25+;/m0./s1. The van der Waals surface area contributed by atoms with E-state index in [1.165, 1.54) is 10.9 Å². The average molecular weight is 590 g/mol. The lowest BCUT2D eigenvalue weighted by atomic mass is 9.91. The number of imidazole rings is 1. The molecule has 0 bridgehead atoms. The molecule has 14 nitrogen and oxygen atoms in total. The maximum absolute atomic E-state index is 12.5. The molecular weight excluding hydrogens is 546 g/mol. The molecule has 2 amide bonds. The van der Waals surface area contributed by atoms with Crippen molar-refractivity contribution in [3.8, 4) is 0 Å². The molecular formula is C28H43N7O7. The van der Waals surface area contributed by atoms with E-state index in [1.54, 1.807) is 4.90 Å². The predicted octanol–water partition coefficient (Wildman–Crippen LogP) is 1.29. The molecule has 5 N–H and O–H groups in total. The molecule has 6 rings (SSSR count). The third kappa shape index (κ3) is 6.77. The largest absolute Gasteiger partial charge is 0.444 e. The lowest BCUT2D eigenvalue weighted by molar-refractivity contribution is -0.137. The first-order valence-corrected chi connectivity index (χ1v) is 15.2. The van der Waals surface area contributed by atoms with E-state index in [0.29, 0.717) is 55.6 Å². The van der Waals surface area contributed by atoms with Crippen molar-refractivity contribution in [2.45, 2.75) is 102 Å². The number of hydrogen-bond acceptors (Lipinski definition) is 11. The van der Waals surface area contributed by atoms with Gasteiger partial charge in [0.1, 0.15) is 29.7 Å². The van der Waals surface area contributed by atoms with Crippen molar-refractivity contribution in [2.75, 3.05) is 32.0 Å². The normalized spacial score (nSPS) is 28.0. The molecule has 4 fully saturated rings. The number of nitrogens with two attached hydrogens (primary N) is 1. The van der Waals surface area contributed by atoms with Crippen LogP contribution in [-0.4, -0.2) is 103 Å².